The van der Waals surface area contributed by atoms with E-state index in [1.165, 1.54) is 5.56 Å². The first-order valence-corrected chi connectivity index (χ1v) is 7.24. The highest BCUT2D eigenvalue weighted by molar-refractivity contribution is 5.68. The van der Waals surface area contributed by atoms with Gasteiger partial charge in [0.1, 0.15) is 12.1 Å². The monoisotopic (exact) mass is 281 g/mol. The molecule has 1 aliphatic heterocycles. The summed E-state index contributed by atoms with van der Waals surface area (Å²) in [6.45, 7) is 3.60. The Bertz CT molecular complexity index is 639. The summed E-state index contributed by atoms with van der Waals surface area (Å²) in [4.78, 5) is 4.43. The number of aliphatic imine (C=N–C) groups is 1. The highest BCUT2D eigenvalue weighted by atomic mass is 16.5. The summed E-state index contributed by atoms with van der Waals surface area (Å²) < 4.78 is 5.70. The van der Waals surface area contributed by atoms with Gasteiger partial charge in [0.25, 0.3) is 0 Å². The van der Waals surface area contributed by atoms with Gasteiger partial charge in [0.15, 0.2) is 0 Å². The van der Waals surface area contributed by atoms with Gasteiger partial charge in [-0.05, 0) is 30.2 Å². The van der Waals surface area contributed by atoms with Crippen LogP contribution in [0.2, 0.25) is 0 Å². The SMILES string of the molecule is CCCOc1cccc(N2Cc3ccccc3N=CN2)c1. The number of hydrogen-bond donors (Lipinski definition) is 1. The molecule has 4 heteroatoms. The fraction of sp³-hybridized carbons (Fsp3) is 0.235. The second kappa shape index (κ2) is 6.31. The van der Waals surface area contributed by atoms with Gasteiger partial charge in [-0.2, -0.15) is 0 Å². The van der Waals surface area contributed by atoms with Crippen LogP contribution in [0.3, 0.4) is 0 Å². The number of para-hydroxylation sites is 1. The average molecular weight is 281 g/mol. The van der Waals surface area contributed by atoms with Crippen LogP contribution in [0.1, 0.15) is 18.9 Å². The predicted octanol–water partition coefficient (Wildman–Crippen LogP) is 3.66. The zero-order valence-corrected chi connectivity index (χ0v) is 12.1. The van der Waals surface area contributed by atoms with E-state index in [2.05, 4.69) is 34.5 Å². The second-order valence-electron chi connectivity index (χ2n) is 4.95. The molecule has 0 aromatic heterocycles. The van der Waals surface area contributed by atoms with Crippen LogP contribution >= 0.6 is 0 Å². The first-order chi connectivity index (χ1) is 10.4. The van der Waals surface area contributed by atoms with Crippen molar-refractivity contribution in [3.05, 3.63) is 54.1 Å². The smallest absolute Gasteiger partial charge is 0.121 e. The minimum atomic E-state index is 0.737. The van der Waals surface area contributed by atoms with Crippen LogP contribution in [0.25, 0.3) is 0 Å². The summed E-state index contributed by atoms with van der Waals surface area (Å²) in [5.74, 6) is 0.894. The molecule has 0 atom stereocenters. The molecule has 108 valence electrons. The van der Waals surface area contributed by atoms with Crippen LogP contribution in [0.4, 0.5) is 11.4 Å². The Morgan fingerprint density at radius 3 is 3.00 bits per heavy atom. The van der Waals surface area contributed by atoms with Crippen LogP contribution in [-0.4, -0.2) is 12.9 Å². The molecule has 0 bridgehead atoms. The summed E-state index contributed by atoms with van der Waals surface area (Å²) in [6, 6.07) is 16.3. The maximum atomic E-state index is 5.70. The summed E-state index contributed by atoms with van der Waals surface area (Å²) in [5.41, 5.74) is 6.47. The highest BCUT2D eigenvalue weighted by Crippen LogP contribution is 2.26. The lowest BCUT2D eigenvalue weighted by atomic mass is 10.1. The van der Waals surface area contributed by atoms with Crippen molar-refractivity contribution in [2.24, 2.45) is 4.99 Å². The van der Waals surface area contributed by atoms with E-state index in [9.17, 15) is 0 Å². The Hall–Kier alpha value is -2.49. The van der Waals surface area contributed by atoms with Crippen molar-refractivity contribution in [2.45, 2.75) is 19.9 Å². The summed E-state index contributed by atoms with van der Waals surface area (Å²) >= 11 is 0. The Morgan fingerprint density at radius 1 is 1.19 bits per heavy atom. The molecule has 1 N–H and O–H groups in total. The molecule has 4 nitrogen and oxygen atoms in total. The van der Waals surface area contributed by atoms with Crippen LogP contribution < -0.4 is 15.2 Å². The van der Waals surface area contributed by atoms with Crippen molar-refractivity contribution in [1.82, 2.24) is 5.43 Å². The lowest BCUT2D eigenvalue weighted by molar-refractivity contribution is 0.317. The molecule has 1 aliphatic rings. The van der Waals surface area contributed by atoms with E-state index in [-0.39, 0.29) is 0 Å². The van der Waals surface area contributed by atoms with E-state index in [4.69, 9.17) is 4.74 Å². The van der Waals surface area contributed by atoms with Crippen molar-refractivity contribution in [1.29, 1.82) is 0 Å². The molecule has 0 aliphatic carbocycles. The molecule has 0 saturated carbocycles. The number of hydrazine groups is 1. The minimum absolute atomic E-state index is 0.737. The van der Waals surface area contributed by atoms with Crippen LogP contribution in [0.5, 0.6) is 5.75 Å². The zero-order chi connectivity index (χ0) is 14.5. The topological polar surface area (TPSA) is 36.9 Å². The van der Waals surface area contributed by atoms with E-state index in [0.29, 0.717) is 0 Å². The molecule has 3 rings (SSSR count). The highest BCUT2D eigenvalue weighted by Gasteiger charge is 2.12. The molecule has 0 spiro atoms. The minimum Gasteiger partial charge on any atom is -0.494 e. The Balaban J connectivity index is 1.83. The van der Waals surface area contributed by atoms with Crippen molar-refractivity contribution < 1.29 is 4.74 Å². The van der Waals surface area contributed by atoms with Crippen LogP contribution in [0.15, 0.2) is 53.5 Å². The second-order valence-corrected chi connectivity index (χ2v) is 4.95. The van der Waals surface area contributed by atoms with Gasteiger partial charge in [0.05, 0.1) is 24.5 Å². The molecule has 2 aromatic rings. The third kappa shape index (κ3) is 3.16. The number of anilines is 1. The lowest BCUT2D eigenvalue weighted by Crippen LogP contribution is -2.35. The lowest BCUT2D eigenvalue weighted by Gasteiger charge is -2.23. The van der Waals surface area contributed by atoms with Gasteiger partial charge in [-0.1, -0.05) is 31.2 Å². The fourth-order valence-corrected chi connectivity index (χ4v) is 2.28. The molecule has 0 radical (unpaired) electrons. The van der Waals surface area contributed by atoms with Gasteiger partial charge < -0.3 is 4.74 Å². The van der Waals surface area contributed by atoms with Gasteiger partial charge in [0, 0.05) is 6.07 Å². The zero-order valence-electron chi connectivity index (χ0n) is 12.1. The van der Waals surface area contributed by atoms with Gasteiger partial charge in [-0.25, -0.2) is 4.99 Å². The first-order valence-electron chi connectivity index (χ1n) is 7.24. The van der Waals surface area contributed by atoms with E-state index >= 15 is 0 Å². The summed E-state index contributed by atoms with van der Waals surface area (Å²) in [6.07, 6.45) is 2.73. The van der Waals surface area contributed by atoms with Crippen LogP contribution in [0, 0.1) is 0 Å². The molecule has 0 amide bonds. The molecule has 0 saturated heterocycles. The molecule has 0 unspecified atom stereocenters. The number of ether oxygens (including phenoxy) is 1. The summed E-state index contributed by atoms with van der Waals surface area (Å²) in [7, 11) is 0. The van der Waals surface area contributed by atoms with Gasteiger partial charge in [-0.3, -0.25) is 10.4 Å². The fourth-order valence-electron chi connectivity index (χ4n) is 2.28. The molecule has 21 heavy (non-hydrogen) atoms. The quantitative estimate of drug-likeness (QED) is 0.929. The normalized spacial score (nSPS) is 13.3. The van der Waals surface area contributed by atoms with Crippen molar-refractivity contribution in [2.75, 3.05) is 11.6 Å². The van der Waals surface area contributed by atoms with Crippen molar-refractivity contribution in [3.63, 3.8) is 0 Å². The standard InChI is InChI=1S/C17H19N3O/c1-2-10-21-16-8-5-7-15(11-16)20-12-14-6-3-4-9-17(14)18-13-19-20/h3-9,11,13H,2,10,12H2,1H3,(H,18,19). The summed E-state index contributed by atoms with van der Waals surface area (Å²) in [5, 5.41) is 2.06. The third-order valence-corrected chi connectivity index (χ3v) is 3.34. The molecular formula is C17H19N3O. The number of hydrogen-bond acceptors (Lipinski definition) is 4. The maximum absolute atomic E-state index is 5.70. The maximum Gasteiger partial charge on any atom is 0.121 e. The largest absolute Gasteiger partial charge is 0.494 e. The molecule has 1 heterocycles. The van der Waals surface area contributed by atoms with Gasteiger partial charge >= 0.3 is 0 Å². The van der Waals surface area contributed by atoms with E-state index < -0.39 is 0 Å². The number of benzene rings is 2. The van der Waals surface area contributed by atoms with Gasteiger partial charge in [-0.15, -0.1) is 0 Å². The van der Waals surface area contributed by atoms with Crippen molar-refractivity contribution in [3.8, 4) is 5.75 Å². The molecular weight excluding hydrogens is 262 g/mol. The van der Waals surface area contributed by atoms with E-state index in [1.807, 2.05) is 36.4 Å². The van der Waals surface area contributed by atoms with E-state index in [1.54, 1.807) is 6.34 Å². The first kappa shape index (κ1) is 13.5. The Morgan fingerprint density at radius 2 is 2.10 bits per heavy atom. The van der Waals surface area contributed by atoms with Crippen molar-refractivity contribution >= 4 is 17.7 Å². The number of fused-ring (bicyclic) bond motifs is 1. The number of rotatable bonds is 4. The molecule has 2 aromatic carbocycles. The Labute approximate surface area is 125 Å². The Kier molecular flexibility index (Phi) is 4.05. The predicted molar refractivity (Wildman–Crippen MR) is 86.1 cm³/mol. The number of nitrogens with one attached hydrogen (secondary N) is 1. The number of nitrogens with zero attached hydrogens (tertiary/aromatic N) is 2. The average Bonchev–Trinajstić information content (AvgIpc) is 2.75. The van der Waals surface area contributed by atoms with Crippen LogP contribution in [-0.2, 0) is 6.54 Å². The molecule has 0 fully saturated rings. The van der Waals surface area contributed by atoms with E-state index in [0.717, 1.165) is 36.7 Å². The third-order valence-electron chi connectivity index (χ3n) is 3.34. The van der Waals surface area contributed by atoms with Gasteiger partial charge in [0.2, 0.25) is 0 Å².